The van der Waals surface area contributed by atoms with Gasteiger partial charge in [0.1, 0.15) is 0 Å². The van der Waals surface area contributed by atoms with E-state index in [1.807, 2.05) is 19.9 Å². The van der Waals surface area contributed by atoms with Crippen molar-refractivity contribution in [2.24, 2.45) is 0 Å². The van der Waals surface area contributed by atoms with Gasteiger partial charge in [-0.3, -0.25) is 4.79 Å². The Balaban J connectivity index is 0.000000326. The highest BCUT2D eigenvalue weighted by molar-refractivity contribution is 5.83. The Bertz CT molecular complexity index is 728. The molecule has 138 valence electrons. The zero-order valence-corrected chi connectivity index (χ0v) is 15.7. The number of rotatable bonds is 5. The molecule has 0 bridgehead atoms. The number of nitrogens with zero attached hydrogens (tertiary/aromatic N) is 1. The summed E-state index contributed by atoms with van der Waals surface area (Å²) in [5, 5.41) is 1.10. The summed E-state index contributed by atoms with van der Waals surface area (Å²) in [5.41, 5.74) is 3.09. The van der Waals surface area contributed by atoms with Crippen LogP contribution in [0, 0.1) is 13.8 Å². The molecular formula is C20H29NO4. The maximum atomic E-state index is 12.2. The number of hydrogen-bond acceptors (Lipinski definition) is 4. The van der Waals surface area contributed by atoms with E-state index in [1.54, 1.807) is 17.7 Å². The van der Waals surface area contributed by atoms with Gasteiger partial charge in [0.15, 0.2) is 6.29 Å². The second-order valence-electron chi connectivity index (χ2n) is 6.31. The molecular weight excluding hydrogens is 318 g/mol. The molecule has 1 aromatic carbocycles. The number of unbranched alkanes of at least 4 members (excludes halogenated alkanes) is 1. The normalized spacial score (nSPS) is 14.6. The van der Waals surface area contributed by atoms with Gasteiger partial charge in [0.2, 0.25) is 0 Å². The van der Waals surface area contributed by atoms with Gasteiger partial charge in [-0.05, 0) is 37.5 Å². The van der Waals surface area contributed by atoms with Crippen molar-refractivity contribution in [3.8, 4) is 0 Å². The highest BCUT2D eigenvalue weighted by atomic mass is 16.7. The first-order chi connectivity index (χ1) is 12.1. The first kappa shape index (κ1) is 19.6. The summed E-state index contributed by atoms with van der Waals surface area (Å²) in [6, 6.07) is 7.84. The number of benzene rings is 1. The van der Waals surface area contributed by atoms with E-state index >= 15 is 0 Å². The van der Waals surface area contributed by atoms with Gasteiger partial charge in [-0.25, -0.2) is 0 Å². The largest absolute Gasteiger partial charge is 0.385 e. The SMILES string of the molecule is CCCCOC.Cc1ccc2c(C)cc(=O)n(CC3OCCO3)c2c1. The zero-order chi connectivity index (χ0) is 18.2. The van der Waals surface area contributed by atoms with Gasteiger partial charge in [0.25, 0.3) is 5.56 Å². The van der Waals surface area contributed by atoms with Gasteiger partial charge >= 0.3 is 0 Å². The van der Waals surface area contributed by atoms with Gasteiger partial charge in [0, 0.05) is 25.2 Å². The van der Waals surface area contributed by atoms with Crippen LogP contribution in [0.2, 0.25) is 0 Å². The van der Waals surface area contributed by atoms with Crippen LogP contribution in [-0.2, 0) is 20.8 Å². The molecule has 0 unspecified atom stereocenters. The molecule has 2 aromatic rings. The second kappa shape index (κ2) is 9.70. The van der Waals surface area contributed by atoms with E-state index in [9.17, 15) is 4.79 Å². The molecule has 0 radical (unpaired) electrons. The number of hydrogen-bond donors (Lipinski definition) is 0. The lowest BCUT2D eigenvalue weighted by Gasteiger charge is -2.15. The van der Waals surface area contributed by atoms with E-state index < -0.39 is 0 Å². The van der Waals surface area contributed by atoms with Crippen LogP contribution in [0.25, 0.3) is 10.9 Å². The van der Waals surface area contributed by atoms with E-state index in [1.165, 1.54) is 12.8 Å². The van der Waals surface area contributed by atoms with Crippen LogP contribution in [0.4, 0.5) is 0 Å². The lowest BCUT2D eigenvalue weighted by molar-refractivity contribution is -0.0522. The summed E-state index contributed by atoms with van der Waals surface area (Å²) in [7, 11) is 1.73. The molecule has 1 saturated heterocycles. The Hall–Kier alpha value is -1.69. The monoisotopic (exact) mass is 347 g/mol. The molecule has 3 rings (SSSR count). The lowest BCUT2D eigenvalue weighted by Crippen LogP contribution is -2.27. The first-order valence-electron chi connectivity index (χ1n) is 8.89. The third kappa shape index (κ3) is 5.39. The molecule has 1 aliphatic rings. The van der Waals surface area contributed by atoms with Crippen molar-refractivity contribution >= 4 is 10.9 Å². The molecule has 0 atom stereocenters. The number of methoxy groups -OCH3 is 1. The summed E-state index contributed by atoms with van der Waals surface area (Å²) < 4.78 is 17.4. The molecule has 5 nitrogen and oxygen atoms in total. The van der Waals surface area contributed by atoms with Crippen LogP contribution in [0.5, 0.6) is 0 Å². The Labute approximate surface area is 149 Å². The molecule has 1 aromatic heterocycles. The number of pyridine rings is 1. The molecule has 0 spiro atoms. The standard InChI is InChI=1S/C15H17NO3.C5H12O/c1-10-3-4-12-11(2)8-14(17)16(13(12)7-10)9-15-18-5-6-19-15;1-3-4-5-6-2/h3-4,7-8,15H,5-6,9H2,1-2H3;3-5H2,1-2H3. The molecule has 1 aliphatic heterocycles. The molecule has 0 aliphatic carbocycles. The van der Waals surface area contributed by atoms with Gasteiger partial charge in [-0.15, -0.1) is 0 Å². The topological polar surface area (TPSA) is 49.7 Å². The van der Waals surface area contributed by atoms with Gasteiger partial charge in [-0.1, -0.05) is 25.5 Å². The van der Waals surface area contributed by atoms with E-state index in [4.69, 9.17) is 14.2 Å². The smallest absolute Gasteiger partial charge is 0.251 e. The lowest BCUT2D eigenvalue weighted by atomic mass is 10.1. The Morgan fingerprint density at radius 3 is 2.52 bits per heavy atom. The number of aromatic nitrogens is 1. The zero-order valence-electron chi connectivity index (χ0n) is 15.7. The Morgan fingerprint density at radius 2 is 1.92 bits per heavy atom. The fourth-order valence-electron chi connectivity index (χ4n) is 2.80. The van der Waals surface area contributed by atoms with Crippen LogP contribution in [0.15, 0.2) is 29.1 Å². The molecule has 1 fully saturated rings. The summed E-state index contributed by atoms with van der Waals surface area (Å²) in [6.45, 7) is 8.70. The van der Waals surface area contributed by atoms with Crippen LogP contribution < -0.4 is 5.56 Å². The minimum atomic E-state index is -0.316. The van der Waals surface area contributed by atoms with E-state index in [0.717, 1.165) is 28.6 Å². The van der Waals surface area contributed by atoms with Crippen molar-refractivity contribution in [1.29, 1.82) is 0 Å². The quantitative estimate of drug-likeness (QED) is 0.778. The number of fused-ring (bicyclic) bond motifs is 1. The van der Waals surface area contributed by atoms with E-state index in [-0.39, 0.29) is 11.8 Å². The predicted molar refractivity (Wildman–Crippen MR) is 100 cm³/mol. The van der Waals surface area contributed by atoms with Crippen LogP contribution in [-0.4, -0.2) is 37.8 Å². The third-order valence-electron chi connectivity index (χ3n) is 4.20. The van der Waals surface area contributed by atoms with E-state index in [0.29, 0.717) is 19.8 Å². The molecule has 2 heterocycles. The van der Waals surface area contributed by atoms with Crippen molar-refractivity contribution in [2.45, 2.75) is 46.4 Å². The first-order valence-corrected chi connectivity index (χ1v) is 8.89. The van der Waals surface area contributed by atoms with Crippen molar-refractivity contribution < 1.29 is 14.2 Å². The van der Waals surface area contributed by atoms with Gasteiger partial charge < -0.3 is 18.8 Å². The second-order valence-corrected chi connectivity index (χ2v) is 6.31. The molecule has 0 saturated carbocycles. The predicted octanol–water partition coefficient (Wildman–Crippen LogP) is 3.42. The Kier molecular flexibility index (Phi) is 7.62. The van der Waals surface area contributed by atoms with Crippen LogP contribution in [0.1, 0.15) is 30.9 Å². The minimum absolute atomic E-state index is 0.00491. The maximum absolute atomic E-state index is 12.2. The average molecular weight is 347 g/mol. The summed E-state index contributed by atoms with van der Waals surface area (Å²) in [6.07, 6.45) is 2.11. The minimum Gasteiger partial charge on any atom is -0.385 e. The fourth-order valence-corrected chi connectivity index (χ4v) is 2.80. The van der Waals surface area contributed by atoms with E-state index in [2.05, 4.69) is 19.1 Å². The fraction of sp³-hybridized carbons (Fsp3) is 0.550. The molecule has 5 heteroatoms. The molecule has 0 amide bonds. The van der Waals surface area contributed by atoms with Crippen molar-refractivity contribution in [3.63, 3.8) is 0 Å². The van der Waals surface area contributed by atoms with Crippen molar-refractivity contribution in [2.75, 3.05) is 26.9 Å². The maximum Gasteiger partial charge on any atom is 0.251 e. The van der Waals surface area contributed by atoms with Crippen molar-refractivity contribution in [1.82, 2.24) is 4.57 Å². The highest BCUT2D eigenvalue weighted by Gasteiger charge is 2.18. The third-order valence-corrected chi connectivity index (χ3v) is 4.20. The van der Waals surface area contributed by atoms with Gasteiger partial charge in [-0.2, -0.15) is 0 Å². The van der Waals surface area contributed by atoms with Gasteiger partial charge in [0.05, 0.1) is 25.3 Å². The molecule has 25 heavy (non-hydrogen) atoms. The average Bonchev–Trinajstić information content (AvgIpc) is 3.10. The number of ether oxygens (including phenoxy) is 3. The molecule has 0 N–H and O–H groups in total. The van der Waals surface area contributed by atoms with Crippen molar-refractivity contribution in [3.05, 3.63) is 45.7 Å². The summed E-state index contributed by atoms with van der Waals surface area (Å²) in [4.78, 5) is 12.2. The number of aryl methyl sites for hydroxylation is 2. The summed E-state index contributed by atoms with van der Waals surface area (Å²) >= 11 is 0. The van der Waals surface area contributed by atoms with Crippen LogP contribution in [0.3, 0.4) is 0 Å². The Morgan fingerprint density at radius 1 is 1.20 bits per heavy atom. The summed E-state index contributed by atoms with van der Waals surface area (Å²) in [5.74, 6) is 0. The highest BCUT2D eigenvalue weighted by Crippen LogP contribution is 2.19. The van der Waals surface area contributed by atoms with Crippen LogP contribution >= 0.6 is 0 Å².